The van der Waals surface area contributed by atoms with E-state index < -0.39 is 6.10 Å². The summed E-state index contributed by atoms with van der Waals surface area (Å²) in [4.78, 5) is 0. The van der Waals surface area contributed by atoms with Gasteiger partial charge in [0.15, 0.2) is 4.67 Å². The number of para-hydroxylation sites is 1. The van der Waals surface area contributed by atoms with Gasteiger partial charge >= 0.3 is 0 Å². The van der Waals surface area contributed by atoms with Gasteiger partial charge in [0.05, 0.1) is 23.6 Å². The molecule has 0 radical (unpaired) electrons. The van der Waals surface area contributed by atoms with E-state index in [9.17, 15) is 5.11 Å². The molecule has 2 aromatic heterocycles. The van der Waals surface area contributed by atoms with Crippen molar-refractivity contribution in [3.8, 4) is 0 Å². The molecule has 3 rings (SSSR count). The van der Waals surface area contributed by atoms with Gasteiger partial charge in [-0.25, -0.2) is 0 Å². The fourth-order valence-corrected chi connectivity index (χ4v) is 2.78. The molecule has 4 nitrogen and oxygen atoms in total. The number of nitrogens with zero attached hydrogens (tertiary/aromatic N) is 2. The minimum Gasteiger partial charge on any atom is -0.457 e. The Balaban J connectivity index is 1.96. The second kappa shape index (κ2) is 4.83. The summed E-state index contributed by atoms with van der Waals surface area (Å²) in [5, 5.41) is 15.8. The maximum Gasteiger partial charge on any atom is 0.174 e. The molecule has 5 heteroatoms. The molecular formula is C14H13BrN2O2. The van der Waals surface area contributed by atoms with E-state index in [1.54, 1.807) is 12.3 Å². The highest BCUT2D eigenvalue weighted by molar-refractivity contribution is 9.10. The third-order valence-electron chi connectivity index (χ3n) is 3.23. The Labute approximate surface area is 118 Å². The third-order valence-corrected chi connectivity index (χ3v) is 3.87. The molecule has 3 aromatic rings. The predicted octanol–water partition coefficient (Wildman–Crippen LogP) is 3.20. The number of aryl methyl sites for hydroxylation is 1. The second-order valence-corrected chi connectivity index (χ2v) is 5.18. The molecule has 0 saturated carbocycles. The molecule has 1 N–H and O–H groups in total. The number of furan rings is 1. The van der Waals surface area contributed by atoms with Crippen LogP contribution in [0.25, 0.3) is 10.9 Å². The molecule has 0 aliphatic heterocycles. The van der Waals surface area contributed by atoms with Gasteiger partial charge in [0, 0.05) is 24.4 Å². The van der Waals surface area contributed by atoms with E-state index in [1.807, 2.05) is 36.0 Å². The molecule has 19 heavy (non-hydrogen) atoms. The summed E-state index contributed by atoms with van der Waals surface area (Å²) in [5.74, 6) is 0. The van der Waals surface area contributed by atoms with E-state index in [4.69, 9.17) is 4.42 Å². The van der Waals surface area contributed by atoms with E-state index in [0.717, 1.165) is 22.2 Å². The van der Waals surface area contributed by atoms with Crippen molar-refractivity contribution in [1.82, 2.24) is 9.78 Å². The van der Waals surface area contributed by atoms with Crippen molar-refractivity contribution >= 4 is 26.8 Å². The lowest BCUT2D eigenvalue weighted by Crippen LogP contribution is -2.02. The quantitative estimate of drug-likeness (QED) is 0.806. The zero-order valence-corrected chi connectivity index (χ0v) is 12.0. The highest BCUT2D eigenvalue weighted by atomic mass is 79.9. The van der Waals surface area contributed by atoms with Gasteiger partial charge in [0.1, 0.15) is 0 Å². The van der Waals surface area contributed by atoms with Crippen molar-refractivity contribution in [2.24, 2.45) is 7.05 Å². The van der Waals surface area contributed by atoms with E-state index >= 15 is 0 Å². The molecule has 0 aliphatic carbocycles. The number of aromatic nitrogens is 2. The Kier molecular flexibility index (Phi) is 3.16. The molecule has 0 fully saturated rings. The van der Waals surface area contributed by atoms with Crippen molar-refractivity contribution < 1.29 is 9.52 Å². The van der Waals surface area contributed by atoms with Crippen LogP contribution in [0.1, 0.15) is 17.4 Å². The number of halogens is 1. The molecule has 2 heterocycles. The molecule has 0 aliphatic rings. The monoisotopic (exact) mass is 320 g/mol. The smallest absolute Gasteiger partial charge is 0.174 e. The number of hydrogen-bond donors (Lipinski definition) is 1. The van der Waals surface area contributed by atoms with E-state index in [0.29, 0.717) is 11.1 Å². The summed E-state index contributed by atoms with van der Waals surface area (Å²) in [6.45, 7) is 0. The van der Waals surface area contributed by atoms with Crippen molar-refractivity contribution in [2.45, 2.75) is 12.5 Å². The number of benzene rings is 1. The first-order valence-electron chi connectivity index (χ1n) is 5.98. The third kappa shape index (κ3) is 2.19. The van der Waals surface area contributed by atoms with Crippen LogP contribution in [-0.4, -0.2) is 14.9 Å². The topological polar surface area (TPSA) is 51.2 Å². The van der Waals surface area contributed by atoms with Gasteiger partial charge in [-0.1, -0.05) is 18.2 Å². The van der Waals surface area contributed by atoms with Crippen LogP contribution in [0.5, 0.6) is 0 Å². The lowest BCUT2D eigenvalue weighted by atomic mass is 10.1. The largest absolute Gasteiger partial charge is 0.457 e. The van der Waals surface area contributed by atoms with Gasteiger partial charge in [0.2, 0.25) is 0 Å². The van der Waals surface area contributed by atoms with Crippen LogP contribution in [0, 0.1) is 0 Å². The molecule has 0 bridgehead atoms. The van der Waals surface area contributed by atoms with E-state index in [-0.39, 0.29) is 0 Å². The van der Waals surface area contributed by atoms with E-state index in [1.165, 1.54) is 0 Å². The summed E-state index contributed by atoms with van der Waals surface area (Å²) in [7, 11) is 1.91. The standard InChI is InChI=1S/C14H13BrN2O2/c1-17-12-5-3-2-4-9(12)11(16-17)8-13(18)10-6-7-19-14(10)15/h2-7,13,18H,8H2,1H3. The Hall–Kier alpha value is -1.59. The minimum atomic E-state index is -0.633. The van der Waals surface area contributed by atoms with Crippen LogP contribution in [0.2, 0.25) is 0 Å². The SMILES string of the molecule is Cn1nc(CC(O)c2ccoc2Br)c2ccccc21. The molecule has 0 amide bonds. The maximum absolute atomic E-state index is 10.3. The average Bonchev–Trinajstić information content (AvgIpc) is 2.95. The van der Waals surface area contributed by atoms with Crippen molar-refractivity contribution in [3.63, 3.8) is 0 Å². The van der Waals surface area contributed by atoms with Crippen LogP contribution in [-0.2, 0) is 13.5 Å². The predicted molar refractivity (Wildman–Crippen MR) is 75.8 cm³/mol. The number of fused-ring (bicyclic) bond motifs is 1. The lowest BCUT2D eigenvalue weighted by molar-refractivity contribution is 0.175. The van der Waals surface area contributed by atoms with Gasteiger partial charge in [-0.05, 0) is 28.1 Å². The van der Waals surface area contributed by atoms with Crippen LogP contribution in [0.15, 0.2) is 45.7 Å². The number of aliphatic hydroxyl groups is 1. The normalized spacial score (nSPS) is 13.0. The zero-order chi connectivity index (χ0) is 13.4. The average molecular weight is 321 g/mol. The number of hydrogen-bond acceptors (Lipinski definition) is 3. The van der Waals surface area contributed by atoms with Crippen molar-refractivity contribution in [1.29, 1.82) is 0 Å². The zero-order valence-electron chi connectivity index (χ0n) is 10.4. The highest BCUT2D eigenvalue weighted by Gasteiger charge is 2.18. The lowest BCUT2D eigenvalue weighted by Gasteiger charge is -2.07. The number of aliphatic hydroxyl groups excluding tert-OH is 1. The molecule has 1 unspecified atom stereocenters. The first kappa shape index (κ1) is 12.4. The van der Waals surface area contributed by atoms with Gasteiger partial charge < -0.3 is 9.52 Å². The summed E-state index contributed by atoms with van der Waals surface area (Å²) >= 11 is 3.28. The minimum absolute atomic E-state index is 0.458. The molecule has 0 saturated heterocycles. The maximum atomic E-state index is 10.3. The highest BCUT2D eigenvalue weighted by Crippen LogP contribution is 2.28. The Morgan fingerprint density at radius 1 is 1.37 bits per heavy atom. The van der Waals surface area contributed by atoms with Gasteiger partial charge in [0.25, 0.3) is 0 Å². The summed E-state index contributed by atoms with van der Waals surface area (Å²) in [6.07, 6.45) is 1.38. The van der Waals surface area contributed by atoms with Gasteiger partial charge in [-0.15, -0.1) is 0 Å². The first-order chi connectivity index (χ1) is 9.16. The van der Waals surface area contributed by atoms with Gasteiger partial charge in [-0.3, -0.25) is 4.68 Å². The Bertz CT molecular complexity index is 717. The van der Waals surface area contributed by atoms with Crippen LogP contribution in [0.4, 0.5) is 0 Å². The molecule has 0 spiro atoms. The van der Waals surface area contributed by atoms with E-state index in [2.05, 4.69) is 21.0 Å². The first-order valence-corrected chi connectivity index (χ1v) is 6.77. The summed E-state index contributed by atoms with van der Waals surface area (Å²) < 4.78 is 7.55. The van der Waals surface area contributed by atoms with Crippen LogP contribution in [0.3, 0.4) is 0 Å². The second-order valence-electron chi connectivity index (χ2n) is 4.46. The summed E-state index contributed by atoms with van der Waals surface area (Å²) in [5.41, 5.74) is 2.70. The van der Waals surface area contributed by atoms with Crippen molar-refractivity contribution in [2.75, 3.05) is 0 Å². The van der Waals surface area contributed by atoms with Crippen molar-refractivity contribution in [3.05, 3.63) is 52.5 Å². The molecule has 98 valence electrons. The summed E-state index contributed by atoms with van der Waals surface area (Å²) in [6, 6.07) is 9.77. The van der Waals surface area contributed by atoms with Crippen LogP contribution < -0.4 is 0 Å². The van der Waals surface area contributed by atoms with Gasteiger partial charge in [-0.2, -0.15) is 5.10 Å². The molecule has 1 atom stereocenters. The Morgan fingerprint density at radius 3 is 2.89 bits per heavy atom. The molecule has 1 aromatic carbocycles. The fraction of sp³-hybridized carbons (Fsp3) is 0.214. The fourth-order valence-electron chi connectivity index (χ4n) is 2.28. The van der Waals surface area contributed by atoms with Crippen LogP contribution >= 0.6 is 15.9 Å². The Morgan fingerprint density at radius 2 is 2.16 bits per heavy atom. The number of rotatable bonds is 3. The molecular weight excluding hydrogens is 308 g/mol.